The molecule has 20 aromatic rings. The minimum atomic E-state index is 0.622. The van der Waals surface area contributed by atoms with Crippen LogP contribution in [0.15, 0.2) is 324 Å². The second-order valence-electron chi connectivity index (χ2n) is 24.7. The molecule has 0 fully saturated rings. The van der Waals surface area contributed by atoms with Gasteiger partial charge in [-0.3, -0.25) is 0 Å². The molecule has 6 heterocycles. The summed E-state index contributed by atoms with van der Waals surface area (Å²) >= 11 is 0. The Morgan fingerprint density at radius 1 is 0.229 bits per heavy atom. The number of hydrogen-bond donors (Lipinski definition) is 0. The predicted octanol–water partition coefficient (Wildman–Crippen LogP) is 23.2. The molecule has 0 unspecified atom stereocenters. The highest BCUT2D eigenvalue weighted by Gasteiger charge is 2.26. The molecular weight excluding hydrogens is 1170 g/mol. The summed E-state index contributed by atoms with van der Waals surface area (Å²) in [4.78, 5) is 21.4. The fourth-order valence-electron chi connectivity index (χ4n) is 15.2. The standard InChI is InChI=1S/C88H52N6O2/c1-4-23-53(24-5-1)60-34-18-42-74-80(60)64-33-14-17-41-73(64)93(74)75-43-20-37-67-82-68(38-22-46-79(82)96-86(67)75)88-90-71-50-48-56(51-69(71)83(91-88)54-25-6-2-7-26-54)58-29-10-11-30-59(58)57-47-49-62-61-31-13-16-40-72(61)94(77(62)52-57)76-44-19-36-66-81-65(35-21-45-78(81)95-85(66)76)84-63-32-12-15-39-70(63)89-87(92-84)55-27-8-3-9-28-55/h1-52H. The molecule has 0 saturated heterocycles. The van der Waals surface area contributed by atoms with Gasteiger partial charge in [0.2, 0.25) is 0 Å². The first kappa shape index (κ1) is 53.6. The van der Waals surface area contributed by atoms with E-state index in [9.17, 15) is 0 Å². The third-order valence-corrected chi connectivity index (χ3v) is 19.4. The van der Waals surface area contributed by atoms with Crippen LogP contribution in [0.25, 0.3) is 199 Å². The van der Waals surface area contributed by atoms with Gasteiger partial charge in [-0.25, -0.2) is 19.9 Å². The number of nitrogens with zero attached hydrogens (tertiary/aromatic N) is 6. The molecule has 0 aliphatic rings. The van der Waals surface area contributed by atoms with Crippen LogP contribution < -0.4 is 0 Å². The summed E-state index contributed by atoms with van der Waals surface area (Å²) in [6, 6.07) is 111. The topological polar surface area (TPSA) is 87.7 Å². The molecule has 0 aliphatic heterocycles. The lowest BCUT2D eigenvalue weighted by Crippen LogP contribution is -1.97. The van der Waals surface area contributed by atoms with Crippen LogP contribution in [0, 0.1) is 0 Å². The zero-order valence-electron chi connectivity index (χ0n) is 51.5. The van der Waals surface area contributed by atoms with Crippen LogP contribution in [0.3, 0.4) is 0 Å². The van der Waals surface area contributed by atoms with E-state index in [0.29, 0.717) is 11.6 Å². The number of fused-ring (bicyclic) bond motifs is 14. The molecule has 14 aromatic carbocycles. The van der Waals surface area contributed by atoms with Gasteiger partial charge in [0.1, 0.15) is 11.2 Å². The van der Waals surface area contributed by atoms with Gasteiger partial charge in [0.05, 0.1) is 55.9 Å². The first-order chi connectivity index (χ1) is 47.6. The van der Waals surface area contributed by atoms with Crippen LogP contribution in [-0.4, -0.2) is 29.1 Å². The maximum absolute atomic E-state index is 7.10. The van der Waals surface area contributed by atoms with Gasteiger partial charge in [0, 0.05) is 76.1 Å². The van der Waals surface area contributed by atoms with Gasteiger partial charge >= 0.3 is 0 Å². The Hall–Kier alpha value is -13.0. The van der Waals surface area contributed by atoms with Crippen LogP contribution in [0.4, 0.5) is 0 Å². The lowest BCUT2D eigenvalue weighted by atomic mass is 9.92. The Morgan fingerprint density at radius 2 is 0.698 bits per heavy atom. The molecule has 0 N–H and O–H groups in total. The van der Waals surface area contributed by atoms with E-state index in [-0.39, 0.29) is 0 Å². The minimum Gasteiger partial charge on any atom is -0.454 e. The van der Waals surface area contributed by atoms with E-state index < -0.39 is 0 Å². The molecule has 0 radical (unpaired) electrons. The summed E-state index contributed by atoms with van der Waals surface area (Å²) < 4.78 is 18.9. The summed E-state index contributed by atoms with van der Waals surface area (Å²) in [7, 11) is 0. The summed E-state index contributed by atoms with van der Waals surface area (Å²) in [5, 5.41) is 10.6. The number of para-hydroxylation sites is 5. The zero-order valence-corrected chi connectivity index (χ0v) is 51.5. The van der Waals surface area contributed by atoms with Crippen molar-refractivity contribution in [2.75, 3.05) is 0 Å². The SMILES string of the molecule is c1ccc(-c2nc(-c3cccc4oc5c(-n6c7ccccc7c7ccc(-c8ccccc8-c8ccc9nc(-c%10cccc%11oc%12c(-n%13c%14ccccc%14c%14c(-c%15ccccc%15)cccc%14%13)cccc%12c%10%11)nc(-c%10ccccc%10)c9c8)cc76)cccc5c34)c3ccccc3n2)cc1. The van der Waals surface area contributed by atoms with Gasteiger partial charge < -0.3 is 18.0 Å². The van der Waals surface area contributed by atoms with Crippen molar-refractivity contribution >= 4 is 109 Å². The maximum atomic E-state index is 7.10. The van der Waals surface area contributed by atoms with Gasteiger partial charge in [-0.2, -0.15) is 0 Å². The molecular formula is C88H52N6O2. The Morgan fingerprint density at radius 3 is 1.42 bits per heavy atom. The fraction of sp³-hybridized carbons (Fsp3) is 0. The average molecular weight is 1230 g/mol. The van der Waals surface area contributed by atoms with E-state index in [1.54, 1.807) is 0 Å². The highest BCUT2D eigenvalue weighted by Crippen LogP contribution is 2.47. The van der Waals surface area contributed by atoms with Crippen molar-refractivity contribution in [2.45, 2.75) is 0 Å². The van der Waals surface area contributed by atoms with Gasteiger partial charge in [0.25, 0.3) is 0 Å². The molecule has 20 rings (SSSR count). The lowest BCUT2D eigenvalue weighted by molar-refractivity contribution is 0.666. The smallest absolute Gasteiger partial charge is 0.161 e. The molecule has 0 bridgehead atoms. The zero-order chi connectivity index (χ0) is 63.0. The largest absolute Gasteiger partial charge is 0.454 e. The molecule has 0 spiro atoms. The van der Waals surface area contributed by atoms with Crippen molar-refractivity contribution < 1.29 is 8.83 Å². The molecule has 0 aliphatic carbocycles. The fourth-order valence-corrected chi connectivity index (χ4v) is 15.2. The van der Waals surface area contributed by atoms with E-state index in [1.807, 2.05) is 24.3 Å². The van der Waals surface area contributed by atoms with Crippen LogP contribution >= 0.6 is 0 Å². The number of aromatic nitrogens is 6. The Balaban J connectivity index is 0.718. The second-order valence-corrected chi connectivity index (χ2v) is 24.7. The maximum Gasteiger partial charge on any atom is 0.161 e. The van der Waals surface area contributed by atoms with Crippen LogP contribution in [0.5, 0.6) is 0 Å². The number of hydrogen-bond acceptors (Lipinski definition) is 6. The monoisotopic (exact) mass is 1220 g/mol. The molecule has 0 atom stereocenters. The van der Waals surface area contributed by atoms with E-state index in [1.165, 1.54) is 21.9 Å². The summed E-state index contributed by atoms with van der Waals surface area (Å²) in [5.74, 6) is 1.30. The lowest BCUT2D eigenvalue weighted by Gasteiger charge is -2.14. The van der Waals surface area contributed by atoms with Crippen molar-refractivity contribution in [3.8, 4) is 90.0 Å². The molecule has 8 heteroatoms. The van der Waals surface area contributed by atoms with E-state index in [0.717, 1.165) is 166 Å². The van der Waals surface area contributed by atoms with Crippen LogP contribution in [-0.2, 0) is 0 Å². The van der Waals surface area contributed by atoms with Gasteiger partial charge in [-0.1, -0.05) is 249 Å². The molecule has 96 heavy (non-hydrogen) atoms. The Bertz CT molecular complexity index is 6580. The van der Waals surface area contributed by atoms with E-state index in [4.69, 9.17) is 28.8 Å². The molecule has 446 valence electrons. The summed E-state index contributed by atoms with van der Waals surface area (Å²) in [6.45, 7) is 0. The Labute approximate surface area is 549 Å². The van der Waals surface area contributed by atoms with E-state index in [2.05, 4.69) is 300 Å². The van der Waals surface area contributed by atoms with Gasteiger partial charge in [0.15, 0.2) is 22.8 Å². The molecule has 6 aromatic heterocycles. The second kappa shape index (κ2) is 21.3. The predicted molar refractivity (Wildman–Crippen MR) is 394 cm³/mol. The normalized spacial score (nSPS) is 12.0. The molecule has 8 nitrogen and oxygen atoms in total. The summed E-state index contributed by atoms with van der Waals surface area (Å²) in [5.41, 5.74) is 23.4. The average Bonchev–Trinajstić information content (AvgIpc) is 1.53. The van der Waals surface area contributed by atoms with Crippen molar-refractivity contribution in [1.29, 1.82) is 0 Å². The third-order valence-electron chi connectivity index (χ3n) is 19.4. The molecule has 0 saturated carbocycles. The third kappa shape index (κ3) is 8.22. The van der Waals surface area contributed by atoms with Crippen molar-refractivity contribution in [3.05, 3.63) is 315 Å². The number of rotatable bonds is 9. The van der Waals surface area contributed by atoms with Gasteiger partial charge in [-0.05, 0) is 100 Å². The van der Waals surface area contributed by atoms with Crippen molar-refractivity contribution in [3.63, 3.8) is 0 Å². The highest BCUT2D eigenvalue weighted by atomic mass is 16.3. The number of furan rings is 2. The van der Waals surface area contributed by atoms with Gasteiger partial charge in [-0.15, -0.1) is 0 Å². The summed E-state index contributed by atoms with van der Waals surface area (Å²) in [6.07, 6.45) is 0. The Kier molecular flexibility index (Phi) is 11.9. The van der Waals surface area contributed by atoms with Crippen LogP contribution in [0.2, 0.25) is 0 Å². The first-order valence-electron chi connectivity index (χ1n) is 32.4. The van der Waals surface area contributed by atoms with Crippen molar-refractivity contribution in [2.24, 2.45) is 0 Å². The van der Waals surface area contributed by atoms with Crippen molar-refractivity contribution in [1.82, 2.24) is 29.1 Å². The quantitative estimate of drug-likeness (QED) is 0.143. The van der Waals surface area contributed by atoms with E-state index >= 15 is 0 Å². The number of benzene rings is 14. The highest BCUT2D eigenvalue weighted by molar-refractivity contribution is 6.20. The molecule has 0 amide bonds. The van der Waals surface area contributed by atoms with Crippen LogP contribution in [0.1, 0.15) is 0 Å². The minimum absolute atomic E-state index is 0.622. The first-order valence-corrected chi connectivity index (χ1v) is 32.4.